The molecular weight excluding hydrogens is 385 g/mol. The predicted octanol–water partition coefficient (Wildman–Crippen LogP) is 4.24. The highest BCUT2D eigenvalue weighted by molar-refractivity contribution is 8.00. The van der Waals surface area contributed by atoms with E-state index < -0.39 is 20.2 Å². The minimum atomic E-state index is -5.47. The van der Waals surface area contributed by atoms with E-state index in [0.717, 1.165) is 6.07 Å². The summed E-state index contributed by atoms with van der Waals surface area (Å²) in [5.74, 6) is 0.212. The van der Waals surface area contributed by atoms with Crippen molar-refractivity contribution in [3.8, 4) is 10.8 Å². The fourth-order valence-corrected chi connectivity index (χ4v) is 4.37. The van der Waals surface area contributed by atoms with E-state index in [1.165, 1.54) is 29.5 Å². The Balaban J connectivity index is 1.95. The van der Waals surface area contributed by atoms with Gasteiger partial charge in [0, 0.05) is 4.90 Å². The Bertz CT molecular complexity index is 950. The van der Waals surface area contributed by atoms with E-state index in [0.29, 0.717) is 16.6 Å². The van der Waals surface area contributed by atoms with Gasteiger partial charge in [0.2, 0.25) is 0 Å². The van der Waals surface area contributed by atoms with Gasteiger partial charge in [-0.2, -0.15) is 13.2 Å². The molecule has 0 bridgehead atoms. The average Bonchev–Trinajstić information content (AvgIpc) is 3.17. The molecule has 3 rings (SSSR count). The Hall–Kier alpha value is -1.85. The Morgan fingerprint density at radius 1 is 1.08 bits per heavy atom. The van der Waals surface area contributed by atoms with E-state index in [2.05, 4.69) is 10.2 Å². The second-order valence-electron chi connectivity index (χ2n) is 4.35. The van der Waals surface area contributed by atoms with Gasteiger partial charge in [-0.05, 0) is 35.3 Å². The van der Waals surface area contributed by atoms with E-state index >= 15 is 0 Å². The molecule has 0 spiro atoms. The summed E-state index contributed by atoms with van der Waals surface area (Å²) in [6, 6.07) is 8.30. The first kappa shape index (κ1) is 17.0. The van der Waals surface area contributed by atoms with Crippen molar-refractivity contribution in [1.29, 1.82) is 0 Å². The molecule has 2 heterocycles. The molecule has 0 N–H and O–H groups in total. The number of nitrogens with zero attached hydrogens (tertiary/aromatic N) is 2. The van der Waals surface area contributed by atoms with Crippen molar-refractivity contribution >= 4 is 32.9 Å². The number of hydrogen-bond acceptors (Lipinski definition) is 7. The molecule has 5 nitrogen and oxygen atoms in total. The fraction of sp³-hybridized carbons (Fsp3) is 0.0769. The zero-order valence-electron chi connectivity index (χ0n) is 11.5. The molecule has 0 amide bonds. The molecule has 3 aromatic rings. The highest BCUT2D eigenvalue weighted by Gasteiger charge is 2.48. The van der Waals surface area contributed by atoms with Crippen molar-refractivity contribution in [2.24, 2.45) is 0 Å². The number of halogens is 3. The van der Waals surface area contributed by atoms with Crippen molar-refractivity contribution in [3.05, 3.63) is 41.8 Å². The summed E-state index contributed by atoms with van der Waals surface area (Å²) in [6.45, 7) is 0. The van der Waals surface area contributed by atoms with Gasteiger partial charge in [-0.3, -0.25) is 0 Å². The van der Waals surface area contributed by atoms with Crippen molar-refractivity contribution < 1.29 is 26.0 Å². The molecule has 11 heteroatoms. The van der Waals surface area contributed by atoms with Crippen LogP contribution >= 0.6 is 23.1 Å². The predicted molar refractivity (Wildman–Crippen MR) is 81.4 cm³/mol. The van der Waals surface area contributed by atoms with Crippen LogP contribution in [-0.4, -0.2) is 24.1 Å². The maximum atomic E-state index is 12.8. The van der Waals surface area contributed by atoms with Gasteiger partial charge in [-0.1, -0.05) is 18.2 Å². The molecule has 0 aliphatic heterocycles. The Labute approximate surface area is 142 Å². The van der Waals surface area contributed by atoms with Gasteiger partial charge in [0.05, 0.1) is 9.77 Å². The van der Waals surface area contributed by atoms with Crippen LogP contribution in [-0.2, 0) is 9.84 Å². The molecule has 0 fully saturated rings. The van der Waals surface area contributed by atoms with E-state index in [-0.39, 0.29) is 16.0 Å². The fourth-order valence-electron chi connectivity index (χ4n) is 1.73. The lowest BCUT2D eigenvalue weighted by atomic mass is 10.4. The van der Waals surface area contributed by atoms with E-state index in [9.17, 15) is 21.6 Å². The van der Waals surface area contributed by atoms with Crippen LogP contribution in [0.5, 0.6) is 0 Å². The average molecular weight is 392 g/mol. The van der Waals surface area contributed by atoms with Crippen LogP contribution in [0.1, 0.15) is 0 Å². The monoisotopic (exact) mass is 392 g/mol. The summed E-state index contributed by atoms with van der Waals surface area (Å²) in [6.07, 6.45) is 0. The summed E-state index contributed by atoms with van der Waals surface area (Å²) in [5, 5.41) is 9.28. The minimum Gasteiger partial charge on any atom is -0.410 e. The highest BCUT2D eigenvalue weighted by atomic mass is 32.2. The molecule has 0 unspecified atom stereocenters. The van der Waals surface area contributed by atoms with Gasteiger partial charge < -0.3 is 4.42 Å². The van der Waals surface area contributed by atoms with Crippen LogP contribution in [0, 0.1) is 0 Å². The molecule has 126 valence electrons. The number of sulfone groups is 1. The van der Waals surface area contributed by atoms with Gasteiger partial charge in [0.15, 0.2) is 0 Å². The normalized spacial score (nSPS) is 12.5. The molecule has 0 radical (unpaired) electrons. The lowest BCUT2D eigenvalue weighted by Gasteiger charge is -2.10. The first-order valence-corrected chi connectivity index (χ1v) is 9.42. The SMILES string of the molecule is O=S(=O)(c1ccccc1Sc1nnc(-c2cccs2)o1)C(F)(F)F. The van der Waals surface area contributed by atoms with E-state index in [1.807, 2.05) is 0 Å². The molecule has 0 aliphatic carbocycles. The van der Waals surface area contributed by atoms with E-state index in [4.69, 9.17) is 4.42 Å². The standard InChI is InChI=1S/C13H7F3N2O3S3/c14-13(15,16)24(19,20)10-6-2-1-4-8(10)23-12-18-17-11(21-12)9-5-3-7-22-9/h1-7H. The quantitative estimate of drug-likeness (QED) is 0.661. The first-order valence-electron chi connectivity index (χ1n) is 6.24. The third kappa shape index (κ3) is 3.19. The van der Waals surface area contributed by atoms with Crippen molar-refractivity contribution in [1.82, 2.24) is 10.2 Å². The van der Waals surface area contributed by atoms with Gasteiger partial charge in [-0.25, -0.2) is 8.42 Å². The first-order chi connectivity index (χ1) is 11.3. The molecule has 0 saturated heterocycles. The summed E-state index contributed by atoms with van der Waals surface area (Å²) in [5.41, 5.74) is -5.39. The molecule has 0 atom stereocenters. The van der Waals surface area contributed by atoms with Gasteiger partial charge >= 0.3 is 5.51 Å². The lowest BCUT2D eigenvalue weighted by Crippen LogP contribution is -2.23. The van der Waals surface area contributed by atoms with Crippen LogP contribution in [0.4, 0.5) is 13.2 Å². The van der Waals surface area contributed by atoms with Crippen LogP contribution < -0.4 is 0 Å². The van der Waals surface area contributed by atoms with Crippen LogP contribution in [0.15, 0.2) is 61.2 Å². The third-order valence-electron chi connectivity index (χ3n) is 2.78. The van der Waals surface area contributed by atoms with Crippen molar-refractivity contribution in [2.45, 2.75) is 20.5 Å². The summed E-state index contributed by atoms with van der Waals surface area (Å²) in [4.78, 5) is -0.292. The molecular formula is C13H7F3N2O3S3. The second kappa shape index (κ2) is 6.22. The molecule has 2 aromatic heterocycles. The summed E-state index contributed by atoms with van der Waals surface area (Å²) >= 11 is 2.02. The van der Waals surface area contributed by atoms with Gasteiger partial charge in [0.1, 0.15) is 0 Å². The zero-order valence-corrected chi connectivity index (χ0v) is 14.0. The topological polar surface area (TPSA) is 73.1 Å². The van der Waals surface area contributed by atoms with E-state index in [1.54, 1.807) is 17.5 Å². The third-order valence-corrected chi connectivity index (χ3v) is 6.23. The van der Waals surface area contributed by atoms with Crippen LogP contribution in [0.3, 0.4) is 0 Å². The maximum absolute atomic E-state index is 12.8. The number of hydrogen-bond donors (Lipinski definition) is 0. The number of benzene rings is 1. The highest BCUT2D eigenvalue weighted by Crippen LogP contribution is 2.38. The van der Waals surface area contributed by atoms with Gasteiger partial charge in [-0.15, -0.1) is 21.5 Å². The second-order valence-corrected chi connectivity index (χ2v) is 8.20. The lowest BCUT2D eigenvalue weighted by molar-refractivity contribution is -0.0437. The number of thiophene rings is 1. The van der Waals surface area contributed by atoms with Crippen molar-refractivity contribution in [3.63, 3.8) is 0 Å². The Morgan fingerprint density at radius 3 is 2.50 bits per heavy atom. The Kier molecular flexibility index (Phi) is 4.40. The minimum absolute atomic E-state index is 0.0526. The molecule has 0 saturated carbocycles. The molecule has 0 aliphatic rings. The largest absolute Gasteiger partial charge is 0.501 e. The summed E-state index contributed by atoms with van der Waals surface area (Å²) in [7, 11) is -5.47. The Morgan fingerprint density at radius 2 is 1.83 bits per heavy atom. The number of alkyl halides is 3. The summed E-state index contributed by atoms with van der Waals surface area (Å²) < 4.78 is 67.0. The molecule has 1 aromatic carbocycles. The number of rotatable bonds is 4. The maximum Gasteiger partial charge on any atom is 0.501 e. The van der Waals surface area contributed by atoms with Gasteiger partial charge in [0.25, 0.3) is 21.0 Å². The number of aromatic nitrogens is 2. The molecule has 24 heavy (non-hydrogen) atoms. The van der Waals surface area contributed by atoms with Crippen LogP contribution in [0.25, 0.3) is 10.8 Å². The van der Waals surface area contributed by atoms with Crippen LogP contribution in [0.2, 0.25) is 0 Å². The van der Waals surface area contributed by atoms with Crippen molar-refractivity contribution in [2.75, 3.05) is 0 Å². The smallest absolute Gasteiger partial charge is 0.410 e. The zero-order chi connectivity index (χ0) is 17.4.